The highest BCUT2D eigenvalue weighted by molar-refractivity contribution is 7.18. The lowest BCUT2D eigenvalue weighted by atomic mass is 9.89. The van der Waals surface area contributed by atoms with Crippen LogP contribution in [-0.2, 0) is 19.3 Å². The third kappa shape index (κ3) is 3.69. The molecule has 0 bridgehead atoms. The highest BCUT2D eigenvalue weighted by Gasteiger charge is 2.24. The van der Waals surface area contributed by atoms with Gasteiger partial charge in [0.2, 0.25) is 0 Å². The van der Waals surface area contributed by atoms with E-state index in [1.165, 1.54) is 16.5 Å². The number of aryl methyl sites for hydroxylation is 1. The van der Waals surface area contributed by atoms with Crippen LogP contribution < -0.4 is 10.9 Å². The molecule has 0 saturated carbocycles. The molecule has 27 heavy (non-hydrogen) atoms. The van der Waals surface area contributed by atoms with Crippen molar-refractivity contribution in [2.24, 2.45) is 5.92 Å². The number of nitrogens with one attached hydrogen (secondary N) is 1. The smallest absolute Gasteiger partial charge is 0.260 e. The van der Waals surface area contributed by atoms with E-state index >= 15 is 0 Å². The van der Waals surface area contributed by atoms with Crippen LogP contribution in [0.1, 0.15) is 48.1 Å². The second-order valence-corrected chi connectivity index (χ2v) is 8.72. The van der Waals surface area contributed by atoms with Crippen molar-refractivity contribution in [1.29, 1.82) is 0 Å². The van der Waals surface area contributed by atoms with Crippen LogP contribution in [0.15, 0.2) is 29.1 Å². The molecule has 0 saturated heterocycles. The van der Waals surface area contributed by atoms with E-state index in [2.05, 4.69) is 17.2 Å². The highest BCUT2D eigenvalue weighted by Crippen LogP contribution is 2.35. The molecule has 3 aromatic rings. The standard InChI is InChI=1S/C21H24FN3OS/c1-12-7-8-15-17(11-12)27-21-18(15)20(26)24-19(25-21)13(2)23-10-9-14-5-3-4-6-16(14)22/h3-6,12-13,23H,7-11H2,1-2H3,(H,24,25,26)/p+1/t12-,13-/m0/s1. The minimum atomic E-state index is -0.162. The van der Waals surface area contributed by atoms with Gasteiger partial charge in [-0.2, -0.15) is 0 Å². The zero-order chi connectivity index (χ0) is 19.0. The van der Waals surface area contributed by atoms with Gasteiger partial charge in [0.05, 0.1) is 11.9 Å². The van der Waals surface area contributed by atoms with Gasteiger partial charge in [0.1, 0.15) is 16.7 Å². The number of quaternary nitrogens is 1. The van der Waals surface area contributed by atoms with Gasteiger partial charge in [-0.1, -0.05) is 25.1 Å². The second-order valence-electron chi connectivity index (χ2n) is 7.64. The molecule has 1 aliphatic carbocycles. The first-order chi connectivity index (χ1) is 13.0. The van der Waals surface area contributed by atoms with Gasteiger partial charge < -0.3 is 10.3 Å². The van der Waals surface area contributed by atoms with E-state index in [1.54, 1.807) is 17.4 Å². The fourth-order valence-corrected chi connectivity index (χ4v) is 5.27. The van der Waals surface area contributed by atoms with Crippen molar-refractivity contribution in [2.45, 2.75) is 45.6 Å². The van der Waals surface area contributed by atoms with E-state index in [0.717, 1.165) is 41.6 Å². The lowest BCUT2D eigenvalue weighted by Crippen LogP contribution is -2.85. The molecule has 4 rings (SSSR count). The molecular weight excluding hydrogens is 361 g/mol. The summed E-state index contributed by atoms with van der Waals surface area (Å²) in [5.41, 5.74) is 1.92. The van der Waals surface area contributed by atoms with Crippen LogP contribution in [0.3, 0.4) is 0 Å². The quantitative estimate of drug-likeness (QED) is 0.708. The Labute approximate surface area is 161 Å². The van der Waals surface area contributed by atoms with E-state index in [4.69, 9.17) is 4.98 Å². The average molecular weight is 387 g/mol. The molecule has 1 aliphatic rings. The molecule has 1 aromatic carbocycles. The Bertz CT molecular complexity index is 1030. The molecule has 3 N–H and O–H groups in total. The molecule has 2 heterocycles. The molecule has 6 heteroatoms. The molecule has 0 amide bonds. The van der Waals surface area contributed by atoms with Crippen molar-refractivity contribution in [3.63, 3.8) is 0 Å². The molecule has 0 aliphatic heterocycles. The molecule has 2 atom stereocenters. The molecule has 0 spiro atoms. The molecule has 2 aromatic heterocycles. The van der Waals surface area contributed by atoms with E-state index in [1.807, 2.05) is 19.1 Å². The Morgan fingerprint density at radius 2 is 2.22 bits per heavy atom. The number of aromatic nitrogens is 2. The van der Waals surface area contributed by atoms with Gasteiger partial charge in [0.25, 0.3) is 5.56 Å². The van der Waals surface area contributed by atoms with Crippen molar-refractivity contribution in [3.05, 3.63) is 62.3 Å². The average Bonchev–Trinajstić information content (AvgIpc) is 3.01. The third-order valence-electron chi connectivity index (χ3n) is 5.51. The summed E-state index contributed by atoms with van der Waals surface area (Å²) in [6.45, 7) is 5.03. The second kappa shape index (κ2) is 7.52. The Balaban J connectivity index is 1.51. The van der Waals surface area contributed by atoms with Gasteiger partial charge in [-0.05, 0) is 49.3 Å². The zero-order valence-corrected chi connectivity index (χ0v) is 16.5. The van der Waals surface area contributed by atoms with Crippen LogP contribution in [0.4, 0.5) is 4.39 Å². The monoisotopic (exact) mass is 386 g/mol. The summed E-state index contributed by atoms with van der Waals surface area (Å²) < 4.78 is 13.7. The van der Waals surface area contributed by atoms with Crippen LogP contribution in [-0.4, -0.2) is 16.5 Å². The molecule has 142 valence electrons. The maximum absolute atomic E-state index is 13.7. The fraction of sp³-hybridized carbons (Fsp3) is 0.429. The number of hydrogen-bond acceptors (Lipinski definition) is 3. The first-order valence-corrected chi connectivity index (χ1v) is 10.5. The lowest BCUT2D eigenvalue weighted by molar-refractivity contribution is -0.693. The van der Waals surface area contributed by atoms with E-state index in [-0.39, 0.29) is 17.4 Å². The summed E-state index contributed by atoms with van der Waals surface area (Å²) in [4.78, 5) is 22.7. The number of nitrogens with zero attached hydrogens (tertiary/aromatic N) is 1. The summed E-state index contributed by atoms with van der Waals surface area (Å²) in [6, 6.07) is 6.89. The zero-order valence-electron chi connectivity index (χ0n) is 15.7. The number of thiophene rings is 1. The maximum atomic E-state index is 13.7. The molecular formula is C21H25FN3OS+. The van der Waals surface area contributed by atoms with Crippen molar-refractivity contribution >= 4 is 21.6 Å². The number of benzene rings is 1. The maximum Gasteiger partial charge on any atom is 0.260 e. The summed E-state index contributed by atoms with van der Waals surface area (Å²) in [6.07, 6.45) is 3.81. The molecule has 0 unspecified atom stereocenters. The number of halogens is 1. The SMILES string of the molecule is C[C@H]1CCc2c(sc3nc([C@H](C)[NH2+]CCc4ccccc4F)[nH]c(=O)c23)C1. The Kier molecular flexibility index (Phi) is 5.10. The Hall–Kier alpha value is -2.05. The summed E-state index contributed by atoms with van der Waals surface area (Å²) >= 11 is 1.68. The molecule has 0 radical (unpaired) electrons. The van der Waals surface area contributed by atoms with Crippen molar-refractivity contribution in [2.75, 3.05) is 6.54 Å². The number of fused-ring (bicyclic) bond motifs is 3. The van der Waals surface area contributed by atoms with Crippen molar-refractivity contribution in [3.8, 4) is 0 Å². The largest absolute Gasteiger partial charge is 0.337 e. The van der Waals surface area contributed by atoms with Crippen molar-refractivity contribution in [1.82, 2.24) is 9.97 Å². The first-order valence-electron chi connectivity index (χ1n) is 9.64. The summed E-state index contributed by atoms with van der Waals surface area (Å²) in [5, 5.41) is 2.90. The predicted octanol–water partition coefficient (Wildman–Crippen LogP) is 3.12. The predicted molar refractivity (Wildman–Crippen MR) is 107 cm³/mol. The van der Waals surface area contributed by atoms with Crippen LogP contribution >= 0.6 is 11.3 Å². The van der Waals surface area contributed by atoms with Gasteiger partial charge in [-0.15, -0.1) is 11.3 Å². The lowest BCUT2D eigenvalue weighted by Gasteiger charge is -2.17. The van der Waals surface area contributed by atoms with Gasteiger partial charge in [0.15, 0.2) is 5.82 Å². The number of nitrogens with two attached hydrogens (primary N) is 1. The van der Waals surface area contributed by atoms with Crippen molar-refractivity contribution < 1.29 is 9.71 Å². The van der Waals surface area contributed by atoms with E-state index < -0.39 is 0 Å². The van der Waals surface area contributed by atoms with Crippen LogP contribution in [0.25, 0.3) is 10.2 Å². The summed E-state index contributed by atoms with van der Waals surface area (Å²) in [7, 11) is 0. The summed E-state index contributed by atoms with van der Waals surface area (Å²) in [5.74, 6) is 1.22. The minimum absolute atomic E-state index is 0.0172. The minimum Gasteiger partial charge on any atom is -0.337 e. The number of hydrogen-bond donors (Lipinski definition) is 2. The third-order valence-corrected chi connectivity index (χ3v) is 6.66. The van der Waals surface area contributed by atoms with Gasteiger partial charge in [-0.25, -0.2) is 9.37 Å². The normalized spacial score (nSPS) is 17.8. The Morgan fingerprint density at radius 3 is 3.04 bits per heavy atom. The van der Waals surface area contributed by atoms with Gasteiger partial charge >= 0.3 is 0 Å². The first kappa shape index (κ1) is 18.3. The van der Waals surface area contributed by atoms with Gasteiger partial charge in [-0.3, -0.25) is 4.79 Å². The number of rotatable bonds is 5. The van der Waals surface area contributed by atoms with Crippen LogP contribution in [0, 0.1) is 11.7 Å². The van der Waals surface area contributed by atoms with E-state index in [9.17, 15) is 9.18 Å². The fourth-order valence-electron chi connectivity index (χ4n) is 3.88. The number of aromatic amines is 1. The van der Waals surface area contributed by atoms with Crippen LogP contribution in [0.2, 0.25) is 0 Å². The Morgan fingerprint density at radius 1 is 1.41 bits per heavy atom. The number of H-pyrrole nitrogens is 1. The molecule has 4 nitrogen and oxygen atoms in total. The molecule has 0 fully saturated rings. The van der Waals surface area contributed by atoms with Gasteiger partial charge in [0, 0.05) is 11.3 Å². The van der Waals surface area contributed by atoms with Crippen LogP contribution in [0.5, 0.6) is 0 Å². The topological polar surface area (TPSA) is 62.4 Å². The highest BCUT2D eigenvalue weighted by atomic mass is 32.1. The van der Waals surface area contributed by atoms with E-state index in [0.29, 0.717) is 18.2 Å².